The van der Waals surface area contributed by atoms with Crippen LogP contribution in [0.5, 0.6) is 0 Å². The molecule has 3 amide bonds. The van der Waals surface area contributed by atoms with E-state index < -0.39 is 5.54 Å². The van der Waals surface area contributed by atoms with Crippen molar-refractivity contribution in [2.75, 3.05) is 19.6 Å². The van der Waals surface area contributed by atoms with Crippen molar-refractivity contribution in [1.82, 2.24) is 15.5 Å². The third kappa shape index (κ3) is 6.33. The van der Waals surface area contributed by atoms with Crippen LogP contribution in [0.4, 0.5) is 4.79 Å². The van der Waals surface area contributed by atoms with Crippen LogP contribution >= 0.6 is 0 Å². The molecule has 1 aliphatic heterocycles. The summed E-state index contributed by atoms with van der Waals surface area (Å²) in [4.78, 5) is 25.9. The second-order valence-electron chi connectivity index (χ2n) is 7.02. The quantitative estimate of drug-likeness (QED) is 0.813. The van der Waals surface area contributed by atoms with Crippen LogP contribution in [0.1, 0.15) is 47.0 Å². The van der Waals surface area contributed by atoms with E-state index in [1.54, 1.807) is 18.7 Å². The summed E-state index contributed by atoms with van der Waals surface area (Å²) in [5, 5.41) is 14.6. The van der Waals surface area contributed by atoms with Crippen LogP contribution in [0, 0.1) is 23.2 Å². The molecule has 1 fully saturated rings. The Balaban J connectivity index is 2.45. The number of rotatable bonds is 5. The second-order valence-corrected chi connectivity index (χ2v) is 7.02. The highest BCUT2D eigenvalue weighted by Gasteiger charge is 2.27. The maximum Gasteiger partial charge on any atom is 0.317 e. The van der Waals surface area contributed by atoms with E-state index >= 15 is 0 Å². The highest BCUT2D eigenvalue weighted by Crippen LogP contribution is 2.20. The van der Waals surface area contributed by atoms with E-state index in [0.717, 1.165) is 19.4 Å². The molecule has 0 spiro atoms. The molecule has 0 saturated carbocycles. The van der Waals surface area contributed by atoms with Crippen LogP contribution in [0.3, 0.4) is 0 Å². The van der Waals surface area contributed by atoms with Gasteiger partial charge in [0.25, 0.3) is 0 Å². The van der Waals surface area contributed by atoms with E-state index in [2.05, 4.69) is 30.6 Å². The minimum Gasteiger partial charge on any atom is -0.338 e. The van der Waals surface area contributed by atoms with Gasteiger partial charge in [0.05, 0.1) is 6.07 Å². The number of amides is 3. The summed E-state index contributed by atoms with van der Waals surface area (Å²) in [7, 11) is 0. The van der Waals surface area contributed by atoms with Gasteiger partial charge in [-0.15, -0.1) is 0 Å². The zero-order chi connectivity index (χ0) is 16.8. The van der Waals surface area contributed by atoms with Gasteiger partial charge in [0.15, 0.2) is 0 Å². The molecule has 2 N–H and O–H groups in total. The summed E-state index contributed by atoms with van der Waals surface area (Å²) in [5.41, 5.74) is -0.847. The molecule has 1 rings (SSSR count). The van der Waals surface area contributed by atoms with E-state index in [4.69, 9.17) is 5.26 Å². The Bertz CT molecular complexity index is 440. The van der Waals surface area contributed by atoms with Crippen LogP contribution in [-0.4, -0.2) is 42.0 Å². The average Bonchev–Trinajstić information content (AvgIpc) is 2.44. The number of hydrogen-bond acceptors (Lipinski definition) is 3. The SMILES string of the molecule is CC(C)CNC(=O)N1CCCC(CC(=O)NC(C)(C)C#N)C1. The van der Waals surface area contributed by atoms with Gasteiger partial charge in [0, 0.05) is 26.1 Å². The lowest BCUT2D eigenvalue weighted by molar-refractivity contribution is -0.123. The number of likely N-dealkylation sites (tertiary alicyclic amines) is 1. The van der Waals surface area contributed by atoms with Crippen molar-refractivity contribution in [3.8, 4) is 6.07 Å². The number of nitrogens with zero attached hydrogens (tertiary/aromatic N) is 2. The molecule has 0 aromatic carbocycles. The molecule has 0 aliphatic carbocycles. The minimum absolute atomic E-state index is 0.0452. The lowest BCUT2D eigenvalue weighted by atomic mass is 9.94. The number of hydrogen-bond donors (Lipinski definition) is 2. The summed E-state index contributed by atoms with van der Waals surface area (Å²) >= 11 is 0. The maximum absolute atomic E-state index is 12.1. The normalized spacial score (nSPS) is 18.7. The molecule has 22 heavy (non-hydrogen) atoms. The molecule has 0 radical (unpaired) electrons. The van der Waals surface area contributed by atoms with Crippen molar-refractivity contribution >= 4 is 11.9 Å². The Labute approximate surface area is 133 Å². The number of nitrogens with one attached hydrogen (secondary N) is 2. The standard InChI is InChI=1S/C16H28N4O2/c1-12(2)9-18-15(22)20-7-5-6-13(10-20)8-14(21)19-16(3,4)11-17/h12-13H,5-10H2,1-4H3,(H,18,22)(H,19,21). The fraction of sp³-hybridized carbons (Fsp3) is 0.812. The van der Waals surface area contributed by atoms with Crippen LogP contribution in [-0.2, 0) is 4.79 Å². The number of carbonyl (C=O) groups is 2. The van der Waals surface area contributed by atoms with Gasteiger partial charge in [0.1, 0.15) is 5.54 Å². The van der Waals surface area contributed by atoms with Gasteiger partial charge in [-0.2, -0.15) is 5.26 Å². The van der Waals surface area contributed by atoms with Gasteiger partial charge in [-0.25, -0.2) is 4.79 Å². The Morgan fingerprint density at radius 2 is 2.09 bits per heavy atom. The van der Waals surface area contributed by atoms with E-state index in [0.29, 0.717) is 25.4 Å². The highest BCUT2D eigenvalue weighted by molar-refractivity contribution is 5.78. The highest BCUT2D eigenvalue weighted by atomic mass is 16.2. The van der Waals surface area contributed by atoms with Crippen LogP contribution in [0.15, 0.2) is 0 Å². The Hall–Kier alpha value is -1.77. The molecule has 6 heteroatoms. The largest absolute Gasteiger partial charge is 0.338 e. The second kappa shape index (κ2) is 8.02. The summed E-state index contributed by atoms with van der Waals surface area (Å²) in [5.74, 6) is 0.456. The zero-order valence-electron chi connectivity index (χ0n) is 14.1. The molecule has 1 saturated heterocycles. The van der Waals surface area contributed by atoms with Crippen LogP contribution in [0.2, 0.25) is 0 Å². The maximum atomic E-state index is 12.1. The molecule has 0 aromatic rings. The van der Waals surface area contributed by atoms with E-state index in [1.807, 2.05) is 0 Å². The van der Waals surface area contributed by atoms with E-state index in [-0.39, 0.29) is 17.9 Å². The predicted octanol–water partition coefficient (Wildman–Crippen LogP) is 1.87. The van der Waals surface area contributed by atoms with Crippen molar-refractivity contribution in [2.24, 2.45) is 11.8 Å². The predicted molar refractivity (Wildman–Crippen MR) is 85.0 cm³/mol. The first-order valence-electron chi connectivity index (χ1n) is 7.98. The van der Waals surface area contributed by atoms with Crippen LogP contribution in [0.25, 0.3) is 0 Å². The molecule has 1 atom stereocenters. The Morgan fingerprint density at radius 1 is 1.41 bits per heavy atom. The summed E-state index contributed by atoms with van der Waals surface area (Å²) in [6, 6.07) is 2.01. The third-order valence-corrected chi connectivity index (χ3v) is 3.67. The van der Waals surface area contributed by atoms with Gasteiger partial charge >= 0.3 is 6.03 Å². The van der Waals surface area contributed by atoms with E-state index in [9.17, 15) is 9.59 Å². The first kappa shape index (κ1) is 18.3. The molecular weight excluding hydrogens is 280 g/mol. The van der Waals surface area contributed by atoms with Crippen molar-refractivity contribution < 1.29 is 9.59 Å². The lowest BCUT2D eigenvalue weighted by Gasteiger charge is -2.33. The third-order valence-electron chi connectivity index (χ3n) is 3.67. The van der Waals surface area contributed by atoms with Gasteiger partial charge in [-0.3, -0.25) is 4.79 Å². The number of carbonyl (C=O) groups excluding carboxylic acids is 2. The molecule has 0 bridgehead atoms. The first-order chi connectivity index (χ1) is 10.2. The molecule has 1 aliphatic rings. The smallest absolute Gasteiger partial charge is 0.317 e. The number of nitriles is 1. The van der Waals surface area contributed by atoms with Gasteiger partial charge < -0.3 is 15.5 Å². The fourth-order valence-corrected chi connectivity index (χ4v) is 2.51. The molecule has 124 valence electrons. The molecular formula is C16H28N4O2. The number of urea groups is 1. The minimum atomic E-state index is -0.847. The molecule has 1 heterocycles. The van der Waals surface area contributed by atoms with Crippen molar-refractivity contribution in [3.05, 3.63) is 0 Å². The zero-order valence-corrected chi connectivity index (χ0v) is 14.1. The van der Waals surface area contributed by atoms with Gasteiger partial charge in [-0.05, 0) is 38.5 Å². The van der Waals surface area contributed by atoms with Crippen molar-refractivity contribution in [1.29, 1.82) is 5.26 Å². The molecule has 6 nitrogen and oxygen atoms in total. The molecule has 1 unspecified atom stereocenters. The van der Waals surface area contributed by atoms with E-state index in [1.165, 1.54) is 0 Å². The fourth-order valence-electron chi connectivity index (χ4n) is 2.51. The molecule has 0 aromatic heterocycles. The van der Waals surface area contributed by atoms with Crippen molar-refractivity contribution in [3.63, 3.8) is 0 Å². The topological polar surface area (TPSA) is 85.2 Å². The first-order valence-corrected chi connectivity index (χ1v) is 7.98. The van der Waals surface area contributed by atoms with Crippen molar-refractivity contribution in [2.45, 2.75) is 52.5 Å². The van der Waals surface area contributed by atoms with Gasteiger partial charge in [-0.1, -0.05) is 13.8 Å². The Morgan fingerprint density at radius 3 is 2.68 bits per heavy atom. The van der Waals surface area contributed by atoms with Crippen LogP contribution < -0.4 is 10.6 Å². The average molecular weight is 308 g/mol. The summed E-state index contributed by atoms with van der Waals surface area (Å²) in [6.07, 6.45) is 2.21. The summed E-state index contributed by atoms with van der Waals surface area (Å²) in [6.45, 7) is 9.48. The van der Waals surface area contributed by atoms with Gasteiger partial charge in [0.2, 0.25) is 5.91 Å². The Kier molecular flexibility index (Phi) is 6.66. The number of piperidine rings is 1. The summed E-state index contributed by atoms with van der Waals surface area (Å²) < 4.78 is 0. The monoisotopic (exact) mass is 308 g/mol. The lowest BCUT2D eigenvalue weighted by Crippen LogP contribution is -2.48.